The molecule has 1 fully saturated rings. The van der Waals surface area contributed by atoms with Gasteiger partial charge in [0.05, 0.1) is 24.6 Å². The molecular weight excluding hydrogens is 574 g/mol. The average molecular weight is 605 g/mol. The normalized spacial score (nSPS) is 18.3. The van der Waals surface area contributed by atoms with E-state index in [2.05, 4.69) is 5.32 Å². The summed E-state index contributed by atoms with van der Waals surface area (Å²) >= 11 is 0. The number of aliphatic imine (C=N–C) groups is 1. The van der Waals surface area contributed by atoms with Crippen molar-refractivity contribution in [1.29, 1.82) is 0 Å². The molecular formula is C32H30F2N4O6. The molecule has 10 nitrogen and oxygen atoms in total. The Morgan fingerprint density at radius 1 is 1.00 bits per heavy atom. The van der Waals surface area contributed by atoms with Crippen molar-refractivity contribution in [3.8, 4) is 11.5 Å². The molecule has 2 atom stereocenters. The van der Waals surface area contributed by atoms with Gasteiger partial charge in [0.15, 0.2) is 23.1 Å². The first-order valence-electron chi connectivity index (χ1n) is 14.3. The predicted octanol–water partition coefficient (Wildman–Crippen LogP) is 3.06. The van der Waals surface area contributed by atoms with Crippen LogP contribution in [0.4, 0.5) is 14.5 Å². The zero-order valence-electron chi connectivity index (χ0n) is 23.9. The van der Waals surface area contributed by atoms with Crippen molar-refractivity contribution in [2.45, 2.75) is 19.5 Å². The van der Waals surface area contributed by atoms with Gasteiger partial charge in [-0.15, -0.1) is 0 Å². The zero-order valence-corrected chi connectivity index (χ0v) is 23.9. The van der Waals surface area contributed by atoms with Crippen LogP contribution in [0.1, 0.15) is 23.6 Å². The molecule has 228 valence electrons. The second-order valence-electron chi connectivity index (χ2n) is 10.7. The molecule has 3 aromatic rings. The van der Waals surface area contributed by atoms with Crippen molar-refractivity contribution in [3.05, 3.63) is 89.0 Å². The van der Waals surface area contributed by atoms with E-state index in [1.165, 1.54) is 11.0 Å². The Labute approximate surface area is 252 Å². The molecule has 0 aromatic heterocycles. The number of anilines is 1. The minimum Gasteiger partial charge on any atom is -0.454 e. The van der Waals surface area contributed by atoms with Crippen molar-refractivity contribution in [1.82, 2.24) is 10.2 Å². The monoisotopic (exact) mass is 604 g/mol. The summed E-state index contributed by atoms with van der Waals surface area (Å²) in [4.78, 5) is 48.7. The maximum absolute atomic E-state index is 14.2. The molecule has 6 rings (SSSR count). The number of benzodiazepines with no additional fused rings is 1. The Hall–Kier alpha value is -4.84. The Morgan fingerprint density at radius 2 is 1.77 bits per heavy atom. The van der Waals surface area contributed by atoms with Crippen molar-refractivity contribution in [2.75, 3.05) is 44.5 Å². The molecule has 44 heavy (non-hydrogen) atoms. The van der Waals surface area contributed by atoms with Gasteiger partial charge in [0.1, 0.15) is 6.54 Å². The first kappa shape index (κ1) is 29.2. The van der Waals surface area contributed by atoms with E-state index in [9.17, 15) is 23.2 Å². The van der Waals surface area contributed by atoms with E-state index in [1.807, 2.05) is 0 Å². The lowest BCUT2D eigenvalue weighted by atomic mass is 9.99. The van der Waals surface area contributed by atoms with E-state index in [0.717, 1.165) is 12.1 Å². The van der Waals surface area contributed by atoms with Gasteiger partial charge in [-0.2, -0.15) is 0 Å². The first-order valence-corrected chi connectivity index (χ1v) is 14.3. The standard InChI is InChI=1S/C32H30F2N4O6/c1-19(14-20-6-8-23(33)24(34)15-20)31(40)36-30-32(41)38(17-28(39)37-10-12-42-13-11-37)25-5-3-2-4-22(25)29(35-30)21-7-9-26-27(16-21)44-18-43-26/h2-9,15-16,19,30H,10-14,17-18H2,1H3,(H,36,40)/t19-,30?/m0/s1. The third kappa shape index (κ3) is 5.98. The highest BCUT2D eigenvalue weighted by Crippen LogP contribution is 2.35. The number of benzene rings is 3. The number of carbonyl (C=O) groups is 3. The number of nitrogens with one attached hydrogen (secondary N) is 1. The Kier molecular flexibility index (Phi) is 8.25. The molecule has 3 aliphatic rings. The fourth-order valence-electron chi connectivity index (χ4n) is 5.40. The maximum Gasteiger partial charge on any atom is 0.272 e. The molecule has 0 saturated carbocycles. The van der Waals surface area contributed by atoms with Crippen LogP contribution in [-0.4, -0.2) is 74.1 Å². The number of amides is 3. The lowest BCUT2D eigenvalue weighted by Crippen LogP contribution is -2.52. The second-order valence-corrected chi connectivity index (χ2v) is 10.7. The summed E-state index contributed by atoms with van der Waals surface area (Å²) < 4.78 is 43.6. The number of fused-ring (bicyclic) bond motifs is 2. The zero-order chi connectivity index (χ0) is 30.8. The van der Waals surface area contributed by atoms with Crippen LogP contribution in [0.15, 0.2) is 65.7 Å². The van der Waals surface area contributed by atoms with E-state index < -0.39 is 35.5 Å². The van der Waals surface area contributed by atoms with Crippen LogP contribution < -0.4 is 19.7 Å². The van der Waals surface area contributed by atoms with Crippen molar-refractivity contribution >= 4 is 29.1 Å². The molecule has 0 aliphatic carbocycles. The number of halogens is 2. The summed E-state index contributed by atoms with van der Waals surface area (Å²) in [5, 5.41) is 2.74. The van der Waals surface area contributed by atoms with Crippen LogP contribution in [0, 0.1) is 17.6 Å². The summed E-state index contributed by atoms with van der Waals surface area (Å²) in [5.74, 6) is -3.00. The molecule has 3 heterocycles. The molecule has 1 saturated heterocycles. The highest BCUT2D eigenvalue weighted by atomic mass is 19.2. The van der Waals surface area contributed by atoms with Gasteiger partial charge >= 0.3 is 0 Å². The molecule has 1 N–H and O–H groups in total. The highest BCUT2D eigenvalue weighted by Gasteiger charge is 2.36. The van der Waals surface area contributed by atoms with Crippen LogP contribution in [-0.2, 0) is 25.5 Å². The van der Waals surface area contributed by atoms with E-state index in [0.29, 0.717) is 65.9 Å². The SMILES string of the molecule is C[C@@H](Cc1ccc(F)c(F)c1)C(=O)NC1N=C(c2ccc3c(c2)OCO3)c2ccccc2N(CC(=O)N2CCOCC2)C1=O. The summed E-state index contributed by atoms with van der Waals surface area (Å²) in [6, 6.07) is 15.8. The molecule has 1 unspecified atom stereocenters. The van der Waals surface area contributed by atoms with Gasteiger partial charge in [0.25, 0.3) is 5.91 Å². The van der Waals surface area contributed by atoms with E-state index in [-0.39, 0.29) is 25.7 Å². The van der Waals surface area contributed by atoms with Crippen molar-refractivity contribution < 1.29 is 37.4 Å². The van der Waals surface area contributed by atoms with Gasteiger partial charge in [0.2, 0.25) is 24.8 Å². The fourth-order valence-corrected chi connectivity index (χ4v) is 5.40. The molecule has 3 aromatic carbocycles. The molecule has 3 amide bonds. The summed E-state index contributed by atoms with van der Waals surface area (Å²) in [6.07, 6.45) is -1.29. The first-order chi connectivity index (χ1) is 21.3. The van der Waals surface area contributed by atoms with Gasteiger partial charge in [-0.25, -0.2) is 13.8 Å². The second kappa shape index (κ2) is 12.4. The molecule has 0 bridgehead atoms. The van der Waals surface area contributed by atoms with E-state index in [4.69, 9.17) is 19.2 Å². The lowest BCUT2D eigenvalue weighted by Gasteiger charge is -2.31. The number of carbonyl (C=O) groups excluding carboxylic acids is 3. The lowest BCUT2D eigenvalue weighted by molar-refractivity contribution is -0.135. The largest absolute Gasteiger partial charge is 0.454 e. The minimum atomic E-state index is -1.39. The molecule has 0 radical (unpaired) electrons. The van der Waals surface area contributed by atoms with E-state index in [1.54, 1.807) is 54.3 Å². The van der Waals surface area contributed by atoms with Gasteiger partial charge < -0.3 is 24.4 Å². The summed E-state index contributed by atoms with van der Waals surface area (Å²) in [5.41, 5.74) is 2.49. The fraction of sp³-hybridized carbons (Fsp3) is 0.312. The topological polar surface area (TPSA) is 110 Å². The van der Waals surface area contributed by atoms with Gasteiger partial charge in [-0.1, -0.05) is 31.2 Å². The molecule has 12 heteroatoms. The van der Waals surface area contributed by atoms with Crippen LogP contribution in [0.2, 0.25) is 0 Å². The minimum absolute atomic E-state index is 0.0757. The smallest absolute Gasteiger partial charge is 0.272 e. The number of rotatable bonds is 7. The van der Waals surface area contributed by atoms with Crippen LogP contribution in [0.25, 0.3) is 0 Å². The maximum atomic E-state index is 14.2. The average Bonchev–Trinajstić information content (AvgIpc) is 3.48. The van der Waals surface area contributed by atoms with Crippen molar-refractivity contribution in [2.24, 2.45) is 10.9 Å². The van der Waals surface area contributed by atoms with Crippen molar-refractivity contribution in [3.63, 3.8) is 0 Å². The summed E-state index contributed by atoms with van der Waals surface area (Å²) in [6.45, 7) is 3.05. The van der Waals surface area contributed by atoms with Gasteiger partial charge in [0, 0.05) is 30.1 Å². The Balaban J connectivity index is 1.35. The Morgan fingerprint density at radius 3 is 2.57 bits per heavy atom. The number of ether oxygens (including phenoxy) is 3. The summed E-state index contributed by atoms with van der Waals surface area (Å²) in [7, 11) is 0. The molecule has 0 spiro atoms. The number of morpholine rings is 1. The number of hydrogen-bond donors (Lipinski definition) is 1. The number of hydrogen-bond acceptors (Lipinski definition) is 7. The van der Waals surface area contributed by atoms with Crippen LogP contribution >= 0.6 is 0 Å². The third-order valence-corrected chi connectivity index (χ3v) is 7.76. The van der Waals surface area contributed by atoms with Crippen LogP contribution in [0.3, 0.4) is 0 Å². The highest BCUT2D eigenvalue weighted by molar-refractivity contribution is 6.21. The van der Waals surface area contributed by atoms with E-state index >= 15 is 0 Å². The Bertz CT molecular complexity index is 1640. The number of nitrogens with zero attached hydrogens (tertiary/aromatic N) is 3. The molecule has 3 aliphatic heterocycles. The number of para-hydroxylation sites is 1. The quantitative estimate of drug-likeness (QED) is 0.444. The predicted molar refractivity (Wildman–Crippen MR) is 156 cm³/mol. The van der Waals surface area contributed by atoms with Crippen LogP contribution in [0.5, 0.6) is 11.5 Å². The van der Waals surface area contributed by atoms with Gasteiger partial charge in [-0.05, 0) is 48.4 Å². The third-order valence-electron chi connectivity index (χ3n) is 7.76. The van der Waals surface area contributed by atoms with Gasteiger partial charge in [-0.3, -0.25) is 19.3 Å².